The zero-order valence-electron chi connectivity index (χ0n) is 53.6. The van der Waals surface area contributed by atoms with Gasteiger partial charge >= 0.3 is 5.97 Å². The maximum Gasteiger partial charge on any atom is 0.305 e. The van der Waals surface area contributed by atoms with E-state index in [1.807, 2.05) is 24.3 Å². The predicted molar refractivity (Wildman–Crippen MR) is 361 cm³/mol. The first kappa shape index (κ1) is 72.7. The highest BCUT2D eigenvalue weighted by molar-refractivity contribution is 7.98. The molecule has 0 saturated carbocycles. The van der Waals surface area contributed by atoms with Gasteiger partial charge in [-0.15, -0.1) is 0 Å². The van der Waals surface area contributed by atoms with Gasteiger partial charge in [-0.1, -0.05) is 49.7 Å². The Balaban J connectivity index is 1.04. The number of phenols is 1. The van der Waals surface area contributed by atoms with Gasteiger partial charge in [-0.25, -0.2) is 8.78 Å². The molecule has 27 nitrogen and oxygen atoms in total. The second-order valence-electron chi connectivity index (χ2n) is 24.4. The average Bonchev–Trinajstić information content (AvgIpc) is 1.62. The maximum absolute atomic E-state index is 15.0. The average molecular weight is 1390 g/mol. The molecule has 98 heavy (non-hydrogen) atoms. The number of aromatic nitrogens is 2. The minimum Gasteiger partial charge on any atom is -0.508 e. The van der Waals surface area contributed by atoms with Gasteiger partial charge in [-0.2, -0.15) is 23.5 Å². The monoisotopic (exact) mass is 1390 g/mol. The highest BCUT2D eigenvalue weighted by atomic mass is 32.2. The fourth-order valence-corrected chi connectivity index (χ4v) is 13.9. The van der Waals surface area contributed by atoms with Gasteiger partial charge in [0.05, 0.1) is 13.0 Å². The van der Waals surface area contributed by atoms with Gasteiger partial charge < -0.3 is 84.0 Å². The van der Waals surface area contributed by atoms with Crippen LogP contribution < -0.4 is 58.9 Å². The summed E-state index contributed by atoms with van der Waals surface area (Å²) in [4.78, 5) is 163. The van der Waals surface area contributed by atoms with Crippen molar-refractivity contribution in [1.29, 1.82) is 0 Å². The van der Waals surface area contributed by atoms with Crippen LogP contribution in [0.4, 0.5) is 8.78 Å². The molecule has 10 amide bonds. The number of fused-ring (bicyclic) bond motifs is 5. The molecule has 4 aromatic carbocycles. The molecule has 0 aliphatic carbocycles. The van der Waals surface area contributed by atoms with Crippen LogP contribution in [0.25, 0.3) is 21.8 Å². The Bertz CT molecular complexity index is 3910. The van der Waals surface area contributed by atoms with Gasteiger partial charge in [0.2, 0.25) is 59.1 Å². The van der Waals surface area contributed by atoms with Crippen LogP contribution in [0.1, 0.15) is 79.7 Å². The van der Waals surface area contributed by atoms with Crippen LogP contribution in [0.15, 0.2) is 97.3 Å². The van der Waals surface area contributed by atoms with Gasteiger partial charge in [0.1, 0.15) is 65.7 Å². The van der Waals surface area contributed by atoms with Gasteiger partial charge in [-0.05, 0) is 102 Å². The van der Waals surface area contributed by atoms with Crippen molar-refractivity contribution in [2.75, 3.05) is 37.8 Å². The summed E-state index contributed by atoms with van der Waals surface area (Å²) in [6.07, 6.45) is 1.87. The molecule has 2 bridgehead atoms. The summed E-state index contributed by atoms with van der Waals surface area (Å²) in [6.45, 7) is 1.73. The molecule has 6 aromatic rings. The smallest absolute Gasteiger partial charge is 0.305 e. The number of nitrogens with two attached hydrogens (primary N) is 1. The summed E-state index contributed by atoms with van der Waals surface area (Å²) in [5.74, 6) is -10.2. The van der Waals surface area contributed by atoms with Gasteiger partial charge in [0, 0.05) is 109 Å². The molecule has 5 heterocycles. The fourth-order valence-electron chi connectivity index (χ4n) is 12.0. The third-order valence-electron chi connectivity index (χ3n) is 17.1. The topological polar surface area (TPSA) is 409 Å². The summed E-state index contributed by atoms with van der Waals surface area (Å²) >= 11 is 2.81. The number of carbonyl (C=O) groups excluding carboxylic acids is 10. The third-order valence-corrected chi connectivity index (χ3v) is 19.2. The number of aromatic hydroxyl groups is 1. The summed E-state index contributed by atoms with van der Waals surface area (Å²) < 4.78 is 29.7. The lowest BCUT2D eigenvalue weighted by molar-refractivity contribution is -0.143. The number of rotatable bonds is 13. The van der Waals surface area contributed by atoms with E-state index in [4.69, 9.17) is 5.73 Å². The molecule has 16 N–H and O–H groups in total. The normalized spacial score (nSPS) is 23.8. The first-order valence-electron chi connectivity index (χ1n) is 32.2. The maximum atomic E-state index is 15.0. The van der Waals surface area contributed by atoms with E-state index in [1.165, 1.54) is 101 Å². The van der Waals surface area contributed by atoms with E-state index in [0.29, 0.717) is 64.3 Å². The number of amides is 10. The van der Waals surface area contributed by atoms with E-state index in [9.17, 15) is 62.1 Å². The van der Waals surface area contributed by atoms with Gasteiger partial charge in [-0.3, -0.25) is 52.7 Å². The lowest BCUT2D eigenvalue weighted by Gasteiger charge is -2.31. The summed E-state index contributed by atoms with van der Waals surface area (Å²) in [5.41, 5.74) is 9.62. The van der Waals surface area contributed by atoms with Crippen LogP contribution >= 0.6 is 23.5 Å². The van der Waals surface area contributed by atoms with E-state index < -0.39 is 150 Å². The SMILES string of the molecule is CCC[C@@H]1NC(=O)CCSCc2cccc(c2)CSC[C@@H](C(N)=O)NC(=O)[C@@H]2CCCN2C(=O)[C@H](Cc2ccc(O)cc2)NC(=O)[C@H](CC2CNCN2)NC(=O)[C@H](CC(=O)O)NC(=O)[C@H](Cc2c[nH]c3ccc(F)cc23)NC(=O)[C@H](Cc2c[nH]c3ccc(F)cc23)NC(=O)CNC1=O. The van der Waals surface area contributed by atoms with Crippen molar-refractivity contribution in [3.8, 4) is 5.75 Å². The van der Waals surface area contributed by atoms with E-state index in [2.05, 4.69) is 63.1 Å². The van der Waals surface area contributed by atoms with Gasteiger partial charge in [0.25, 0.3) is 0 Å². The summed E-state index contributed by atoms with van der Waals surface area (Å²) in [6, 6.07) is 8.86. The molecule has 1 unspecified atom stereocenters. The Morgan fingerprint density at radius 1 is 0.643 bits per heavy atom. The van der Waals surface area contributed by atoms with Crippen LogP contribution in [-0.4, -0.2) is 182 Å². The standard InChI is InChI=1S/C67H80F2N14O13S2/c1-2-5-49-61(90)74-31-58(86)77-50(22-39-28-72-47-15-11-41(68)24-45(39)47)62(91)78-51(23-40-29-73-48-16-12-42(69)25-46(40)48)63(92)80-53(27-59(87)88)65(94)79-52(26-43-30-71-35-75-43)64(93)81-54(21-36-9-13-44(84)14-10-36)67(96)83-18-4-8-56(83)66(95)82-55(60(70)89)34-98-33-38-7-3-6-37(20-38)32-97-19-17-57(85)76-49/h3,6-7,9-16,20,24-25,28-29,43,49-56,71-73,75,84H,2,4-5,8,17-19,21-23,26-27,30-35H2,1H3,(H2,70,89)(H,74,90)(H,76,85)(H,77,86)(H,78,91)(H,79,94)(H,80,92)(H,81,93)(H,82,95)(H,87,88)/t43?,49-,50-,51-,52-,53-,54-,55-,56-/m0/s1. The zero-order valence-corrected chi connectivity index (χ0v) is 55.3. The number of carboxylic acids is 1. The zero-order chi connectivity index (χ0) is 70.0. The van der Waals surface area contributed by atoms with Crippen molar-refractivity contribution >= 4 is 110 Å². The quantitative estimate of drug-likeness (QED) is 0.0777. The van der Waals surface area contributed by atoms with Crippen LogP contribution in [0.2, 0.25) is 0 Å². The molecule has 2 fully saturated rings. The molecule has 3 aliphatic rings. The molecule has 0 spiro atoms. The lowest BCUT2D eigenvalue weighted by atomic mass is 10.0. The third kappa shape index (κ3) is 20.3. The summed E-state index contributed by atoms with van der Waals surface area (Å²) in [5, 5.41) is 48.4. The molecule has 522 valence electrons. The van der Waals surface area contributed by atoms with Crippen molar-refractivity contribution in [1.82, 2.24) is 68.0 Å². The molecule has 2 saturated heterocycles. The molecule has 31 heteroatoms. The number of primary amides is 1. The fraction of sp³-hybridized carbons (Fsp3) is 0.418. The van der Waals surface area contributed by atoms with Crippen molar-refractivity contribution in [2.24, 2.45) is 5.73 Å². The first-order valence-corrected chi connectivity index (χ1v) is 34.5. The number of nitrogens with one attached hydrogen (secondary N) is 12. The molecule has 9 rings (SSSR count). The van der Waals surface area contributed by atoms with Crippen molar-refractivity contribution in [2.45, 2.75) is 137 Å². The first-order chi connectivity index (χ1) is 47.1. The molecule has 0 radical (unpaired) electrons. The summed E-state index contributed by atoms with van der Waals surface area (Å²) in [7, 11) is 0. The second kappa shape index (κ2) is 34.6. The highest BCUT2D eigenvalue weighted by Gasteiger charge is 2.41. The van der Waals surface area contributed by atoms with E-state index >= 15 is 9.59 Å². The molecule has 2 aromatic heterocycles. The van der Waals surface area contributed by atoms with Crippen LogP contribution in [0.3, 0.4) is 0 Å². The highest BCUT2D eigenvalue weighted by Crippen LogP contribution is 2.26. The molecule has 9 atom stereocenters. The number of phenolic OH excluding ortho intramolecular Hbond substituents is 1. The van der Waals surface area contributed by atoms with E-state index in [0.717, 1.165) is 11.1 Å². The number of hydrogen-bond acceptors (Lipinski definition) is 16. The Labute approximate surface area is 570 Å². The number of benzene rings is 4. The molecular weight excluding hydrogens is 1310 g/mol. The Hall–Kier alpha value is -9.59. The minimum absolute atomic E-state index is 0.0349. The molecule has 3 aliphatic heterocycles. The number of H-pyrrole nitrogens is 2. The number of carbonyl (C=O) groups is 11. The van der Waals surface area contributed by atoms with Crippen LogP contribution in [0, 0.1) is 11.6 Å². The van der Waals surface area contributed by atoms with E-state index in [-0.39, 0.29) is 74.1 Å². The Kier molecular flexibility index (Phi) is 25.6. The Morgan fingerprint density at radius 2 is 1.23 bits per heavy atom. The number of nitrogens with zero attached hydrogens (tertiary/aromatic N) is 1. The van der Waals surface area contributed by atoms with Crippen molar-refractivity contribution in [3.05, 3.63) is 137 Å². The number of aliphatic carboxylic acids is 1. The second-order valence-corrected chi connectivity index (χ2v) is 26.6. The van der Waals surface area contributed by atoms with E-state index in [1.54, 1.807) is 6.92 Å². The number of aromatic amines is 2. The molecular formula is C67H80F2N14O13S2. The number of thioether (sulfide) groups is 2. The number of carboxylic acid groups (broad SMARTS) is 1. The van der Waals surface area contributed by atoms with Crippen molar-refractivity contribution < 1.29 is 71.7 Å². The van der Waals surface area contributed by atoms with Crippen LogP contribution in [-0.2, 0) is 83.5 Å². The predicted octanol–water partition coefficient (Wildman–Crippen LogP) is 1.40. The van der Waals surface area contributed by atoms with Gasteiger partial charge in [0.15, 0.2) is 0 Å². The lowest BCUT2D eigenvalue weighted by Crippen LogP contribution is -2.61. The van der Waals surface area contributed by atoms with Crippen molar-refractivity contribution in [3.63, 3.8) is 0 Å². The minimum atomic E-state index is -2.00. The van der Waals surface area contributed by atoms with Crippen LogP contribution in [0.5, 0.6) is 5.75 Å². The Morgan fingerprint density at radius 3 is 1.86 bits per heavy atom. The number of halogens is 2. The number of hydrogen-bond donors (Lipinski definition) is 15. The largest absolute Gasteiger partial charge is 0.508 e.